The van der Waals surface area contributed by atoms with E-state index in [9.17, 15) is 10.2 Å². The van der Waals surface area contributed by atoms with Gasteiger partial charge in [-0.15, -0.1) is 0 Å². The molecule has 1 aliphatic heterocycles. The van der Waals surface area contributed by atoms with Crippen LogP contribution in [0.5, 0.6) is 0 Å². The van der Waals surface area contributed by atoms with Crippen LogP contribution >= 0.6 is 0 Å². The second kappa shape index (κ2) is 9.59. The molecule has 3 heteroatoms. The van der Waals surface area contributed by atoms with Gasteiger partial charge in [-0.1, -0.05) is 133 Å². The van der Waals surface area contributed by atoms with Gasteiger partial charge in [-0.2, -0.15) is 0 Å². The summed E-state index contributed by atoms with van der Waals surface area (Å²) in [6.07, 6.45) is 7.40. The molecule has 3 N–H and O–H groups in total. The third kappa shape index (κ3) is 4.12. The van der Waals surface area contributed by atoms with Gasteiger partial charge in [0.05, 0.1) is 5.70 Å². The number of benzene rings is 4. The maximum Gasteiger partial charge on any atom is 0.155 e. The Bertz CT molecular complexity index is 1280. The van der Waals surface area contributed by atoms with Gasteiger partial charge in [0.2, 0.25) is 0 Å². The van der Waals surface area contributed by atoms with Gasteiger partial charge in [0.15, 0.2) is 5.60 Å². The smallest absolute Gasteiger partial charge is 0.155 e. The minimum atomic E-state index is -1.41. The van der Waals surface area contributed by atoms with Crippen LogP contribution in [0.2, 0.25) is 0 Å². The first-order valence-electron chi connectivity index (χ1n) is 11.7. The van der Waals surface area contributed by atoms with Gasteiger partial charge in [-0.25, -0.2) is 0 Å². The van der Waals surface area contributed by atoms with Crippen molar-refractivity contribution in [2.24, 2.45) is 0 Å². The molecule has 5 rings (SSSR count). The van der Waals surface area contributed by atoms with Crippen LogP contribution in [0.3, 0.4) is 0 Å². The molecule has 0 fully saturated rings. The van der Waals surface area contributed by atoms with Crippen LogP contribution in [0.15, 0.2) is 157 Å². The van der Waals surface area contributed by atoms with Crippen LogP contribution in [0, 0.1) is 0 Å². The lowest BCUT2D eigenvalue weighted by molar-refractivity contribution is 0.113. The molecule has 0 amide bonds. The molecule has 0 unspecified atom stereocenters. The lowest BCUT2D eigenvalue weighted by atomic mass is 9.80. The van der Waals surface area contributed by atoms with Crippen LogP contribution in [0.4, 0.5) is 0 Å². The van der Waals surface area contributed by atoms with E-state index < -0.39 is 11.2 Å². The van der Waals surface area contributed by atoms with Crippen molar-refractivity contribution in [3.63, 3.8) is 0 Å². The molecular formula is C32H27NO2. The lowest BCUT2D eigenvalue weighted by Crippen LogP contribution is -2.36. The van der Waals surface area contributed by atoms with E-state index in [-0.39, 0.29) is 0 Å². The number of hydrogen-bond acceptors (Lipinski definition) is 3. The second-order valence-corrected chi connectivity index (χ2v) is 8.57. The molecule has 3 nitrogen and oxygen atoms in total. The van der Waals surface area contributed by atoms with E-state index in [1.807, 2.05) is 140 Å². The first-order valence-corrected chi connectivity index (χ1v) is 11.7. The Labute approximate surface area is 206 Å². The quantitative estimate of drug-likeness (QED) is 0.344. The zero-order valence-electron chi connectivity index (χ0n) is 19.3. The highest BCUT2D eigenvalue weighted by Crippen LogP contribution is 2.40. The van der Waals surface area contributed by atoms with Crippen molar-refractivity contribution < 1.29 is 10.2 Å². The first kappa shape index (κ1) is 22.6. The Hall–Kier alpha value is -4.18. The third-order valence-corrected chi connectivity index (χ3v) is 6.50. The highest BCUT2D eigenvalue weighted by Gasteiger charge is 2.38. The molecule has 0 saturated carbocycles. The normalized spacial score (nSPS) is 13.9. The molecule has 0 radical (unpaired) electrons. The van der Waals surface area contributed by atoms with E-state index >= 15 is 0 Å². The summed E-state index contributed by atoms with van der Waals surface area (Å²) in [4.78, 5) is 0. The Balaban J connectivity index is 1.61. The highest BCUT2D eigenvalue weighted by atomic mass is 16.3. The van der Waals surface area contributed by atoms with Gasteiger partial charge < -0.3 is 15.5 Å². The predicted molar refractivity (Wildman–Crippen MR) is 140 cm³/mol. The summed E-state index contributed by atoms with van der Waals surface area (Å²) in [6, 6.07) is 38.4. The van der Waals surface area contributed by atoms with Gasteiger partial charge in [-0.3, -0.25) is 0 Å². The molecule has 35 heavy (non-hydrogen) atoms. The fraction of sp³-hybridized carbons (Fsp3) is 0.0625. The Morgan fingerprint density at radius 3 is 1.26 bits per heavy atom. The number of allylic oxidation sites excluding steroid dienone is 2. The number of rotatable bonds is 6. The maximum absolute atomic E-state index is 12.2. The predicted octanol–water partition coefficient (Wildman–Crippen LogP) is 5.79. The standard InChI is InChI=1S/C32H27NO2/c34-31(25-14-5-1-6-15-25,26-16-7-2-8-17-26)29-22-13-23-30(33-24-29)32(35,27-18-9-3-10-19-27)28-20-11-4-12-21-28/h1-24,33-35H. The summed E-state index contributed by atoms with van der Waals surface area (Å²) in [5.41, 5.74) is 1.47. The minimum absolute atomic E-state index is 0.588. The summed E-state index contributed by atoms with van der Waals surface area (Å²) in [6.45, 7) is 0. The van der Waals surface area contributed by atoms with Crippen LogP contribution < -0.4 is 5.32 Å². The topological polar surface area (TPSA) is 52.5 Å². The summed E-state index contributed by atoms with van der Waals surface area (Å²) in [5.74, 6) is 0. The molecule has 172 valence electrons. The van der Waals surface area contributed by atoms with E-state index in [0.29, 0.717) is 11.3 Å². The number of aliphatic hydroxyl groups is 2. The van der Waals surface area contributed by atoms with Crippen LogP contribution in [0.1, 0.15) is 22.3 Å². The number of nitrogens with one attached hydrogen (secondary N) is 1. The molecule has 0 saturated heterocycles. The fourth-order valence-electron chi connectivity index (χ4n) is 4.64. The SMILES string of the molecule is OC(C1=CNC(C(O)(c2ccccc2)c2ccccc2)=CC=C1)(c1ccccc1)c1ccccc1. The van der Waals surface area contributed by atoms with Gasteiger partial charge >= 0.3 is 0 Å². The van der Waals surface area contributed by atoms with Crippen molar-refractivity contribution in [1.82, 2.24) is 5.32 Å². The van der Waals surface area contributed by atoms with Crippen molar-refractivity contribution in [2.75, 3.05) is 0 Å². The molecule has 4 aromatic rings. The van der Waals surface area contributed by atoms with E-state index in [1.165, 1.54) is 0 Å². The van der Waals surface area contributed by atoms with Crippen molar-refractivity contribution in [1.29, 1.82) is 0 Å². The third-order valence-electron chi connectivity index (χ3n) is 6.50. The van der Waals surface area contributed by atoms with Crippen molar-refractivity contribution in [3.8, 4) is 0 Å². The Morgan fingerprint density at radius 2 is 0.857 bits per heavy atom. The Kier molecular flexibility index (Phi) is 6.19. The summed E-state index contributed by atoms with van der Waals surface area (Å²) < 4.78 is 0. The molecule has 1 heterocycles. The molecule has 0 bridgehead atoms. The second-order valence-electron chi connectivity index (χ2n) is 8.57. The van der Waals surface area contributed by atoms with Crippen LogP contribution in [-0.2, 0) is 11.2 Å². The zero-order valence-corrected chi connectivity index (χ0v) is 19.3. The van der Waals surface area contributed by atoms with Gasteiger partial charge in [0, 0.05) is 11.8 Å². The molecule has 1 aliphatic rings. The minimum Gasteiger partial charge on any atom is -0.376 e. The summed E-state index contributed by atoms with van der Waals surface area (Å²) >= 11 is 0. The van der Waals surface area contributed by atoms with Crippen LogP contribution in [0.25, 0.3) is 0 Å². The summed E-state index contributed by atoms with van der Waals surface area (Å²) in [5, 5.41) is 27.7. The molecule has 0 aromatic heterocycles. The monoisotopic (exact) mass is 457 g/mol. The van der Waals surface area contributed by atoms with Gasteiger partial charge in [0.1, 0.15) is 5.60 Å². The van der Waals surface area contributed by atoms with Gasteiger partial charge in [0.25, 0.3) is 0 Å². The first-order chi connectivity index (χ1) is 17.1. The molecule has 4 aromatic carbocycles. The fourth-order valence-corrected chi connectivity index (χ4v) is 4.64. The van der Waals surface area contributed by atoms with E-state index in [4.69, 9.17) is 0 Å². The van der Waals surface area contributed by atoms with Crippen LogP contribution in [-0.4, -0.2) is 10.2 Å². The molecule has 0 atom stereocenters. The summed E-state index contributed by atoms with van der Waals surface area (Å²) in [7, 11) is 0. The average Bonchev–Trinajstić information content (AvgIpc) is 3.21. The largest absolute Gasteiger partial charge is 0.376 e. The Morgan fingerprint density at radius 1 is 0.486 bits per heavy atom. The molecular weight excluding hydrogens is 430 g/mol. The molecule has 0 aliphatic carbocycles. The van der Waals surface area contributed by atoms with Gasteiger partial charge in [-0.05, 0) is 28.3 Å². The maximum atomic E-state index is 12.2. The van der Waals surface area contributed by atoms with E-state index in [1.54, 1.807) is 6.20 Å². The zero-order chi connectivity index (χ0) is 24.1. The van der Waals surface area contributed by atoms with Crippen molar-refractivity contribution >= 4 is 0 Å². The van der Waals surface area contributed by atoms with Crippen molar-refractivity contribution in [3.05, 3.63) is 179 Å². The lowest BCUT2D eigenvalue weighted by Gasteiger charge is -2.33. The number of hydrogen-bond donors (Lipinski definition) is 3. The van der Waals surface area contributed by atoms with E-state index in [2.05, 4.69) is 5.32 Å². The van der Waals surface area contributed by atoms with Crippen molar-refractivity contribution in [2.45, 2.75) is 11.2 Å². The van der Waals surface area contributed by atoms with E-state index in [0.717, 1.165) is 22.3 Å². The average molecular weight is 458 g/mol. The molecule has 0 spiro atoms. The highest BCUT2D eigenvalue weighted by molar-refractivity contribution is 5.52.